The van der Waals surface area contributed by atoms with E-state index in [4.69, 9.17) is 11.6 Å². The first-order chi connectivity index (χ1) is 12.0. The van der Waals surface area contributed by atoms with Crippen molar-refractivity contribution in [3.8, 4) is 0 Å². The standard InChI is InChI=1S/C19H24BrClN2O2/c1-2-4-17(24)22-9-6-13(7-10-22)19(25)23-8-3-5-14-11-15(20)12-16(21)18(14)23/h11-13H,2-10H2,1H3. The molecule has 4 nitrogen and oxygen atoms in total. The van der Waals surface area contributed by atoms with Gasteiger partial charge in [-0.2, -0.15) is 0 Å². The fourth-order valence-corrected chi connectivity index (χ4v) is 4.82. The predicted octanol–water partition coefficient (Wildman–Crippen LogP) is 4.42. The van der Waals surface area contributed by atoms with Crippen LogP contribution in [0.15, 0.2) is 16.6 Å². The van der Waals surface area contributed by atoms with Crippen molar-refractivity contribution < 1.29 is 9.59 Å². The van der Waals surface area contributed by atoms with Gasteiger partial charge in [-0.05, 0) is 49.8 Å². The molecule has 1 aromatic rings. The zero-order chi connectivity index (χ0) is 18.0. The van der Waals surface area contributed by atoms with Crippen LogP contribution in [0.3, 0.4) is 0 Å². The third-order valence-corrected chi connectivity index (χ3v) is 5.88. The first-order valence-corrected chi connectivity index (χ1v) is 10.3. The van der Waals surface area contributed by atoms with Crippen LogP contribution in [0.25, 0.3) is 0 Å². The Bertz CT molecular complexity index is 672. The summed E-state index contributed by atoms with van der Waals surface area (Å²) in [6.45, 7) is 4.11. The number of carbonyl (C=O) groups is 2. The van der Waals surface area contributed by atoms with Gasteiger partial charge in [-0.15, -0.1) is 0 Å². The first-order valence-electron chi connectivity index (χ1n) is 9.08. The lowest BCUT2D eigenvalue weighted by molar-refractivity contribution is -0.135. The van der Waals surface area contributed by atoms with Crippen molar-refractivity contribution >= 4 is 45.0 Å². The quantitative estimate of drug-likeness (QED) is 0.716. The van der Waals surface area contributed by atoms with Crippen molar-refractivity contribution in [3.05, 3.63) is 27.2 Å². The summed E-state index contributed by atoms with van der Waals surface area (Å²) in [7, 11) is 0. The monoisotopic (exact) mass is 426 g/mol. The fraction of sp³-hybridized carbons (Fsp3) is 0.579. The van der Waals surface area contributed by atoms with Crippen LogP contribution in [0, 0.1) is 5.92 Å². The van der Waals surface area contributed by atoms with Crippen LogP contribution in [-0.4, -0.2) is 36.3 Å². The van der Waals surface area contributed by atoms with Crippen molar-refractivity contribution in [2.75, 3.05) is 24.5 Å². The van der Waals surface area contributed by atoms with Gasteiger partial charge in [-0.1, -0.05) is 34.5 Å². The Morgan fingerprint density at radius 2 is 1.96 bits per heavy atom. The summed E-state index contributed by atoms with van der Waals surface area (Å²) < 4.78 is 0.952. The Balaban J connectivity index is 1.71. The third kappa shape index (κ3) is 4.03. The van der Waals surface area contributed by atoms with Crippen molar-refractivity contribution in [1.82, 2.24) is 4.90 Å². The minimum atomic E-state index is -0.0173. The number of halogens is 2. The number of nitrogens with zero attached hydrogens (tertiary/aromatic N) is 2. The minimum absolute atomic E-state index is 0.0173. The van der Waals surface area contributed by atoms with Gasteiger partial charge >= 0.3 is 0 Å². The number of aryl methyl sites for hydroxylation is 1. The lowest BCUT2D eigenvalue weighted by Gasteiger charge is -2.37. The molecule has 0 aliphatic carbocycles. The minimum Gasteiger partial charge on any atom is -0.343 e. The molecule has 0 aromatic heterocycles. The van der Waals surface area contributed by atoms with E-state index in [2.05, 4.69) is 22.0 Å². The van der Waals surface area contributed by atoms with E-state index in [1.165, 1.54) is 0 Å². The number of fused-ring (bicyclic) bond motifs is 1. The molecule has 136 valence electrons. The summed E-state index contributed by atoms with van der Waals surface area (Å²) in [5.41, 5.74) is 2.01. The Morgan fingerprint density at radius 1 is 1.24 bits per heavy atom. The normalized spacial score (nSPS) is 18.2. The van der Waals surface area contributed by atoms with E-state index >= 15 is 0 Å². The number of amides is 2. The second kappa shape index (κ2) is 8.09. The summed E-state index contributed by atoms with van der Waals surface area (Å²) in [4.78, 5) is 28.9. The summed E-state index contributed by atoms with van der Waals surface area (Å²) in [5.74, 6) is 0.355. The highest BCUT2D eigenvalue weighted by atomic mass is 79.9. The molecule has 3 rings (SSSR count). The fourth-order valence-electron chi connectivity index (χ4n) is 3.84. The second-order valence-corrected chi connectivity index (χ2v) is 8.22. The highest BCUT2D eigenvalue weighted by molar-refractivity contribution is 9.10. The highest BCUT2D eigenvalue weighted by Crippen LogP contribution is 2.38. The van der Waals surface area contributed by atoms with Gasteiger partial charge in [0.25, 0.3) is 0 Å². The van der Waals surface area contributed by atoms with Crippen LogP contribution in [0.5, 0.6) is 0 Å². The molecule has 1 fully saturated rings. The molecular weight excluding hydrogens is 404 g/mol. The van der Waals surface area contributed by atoms with Gasteiger partial charge < -0.3 is 9.80 Å². The second-order valence-electron chi connectivity index (χ2n) is 6.89. The van der Waals surface area contributed by atoms with Gasteiger partial charge in [0.05, 0.1) is 10.7 Å². The number of hydrogen-bond acceptors (Lipinski definition) is 2. The topological polar surface area (TPSA) is 40.6 Å². The van der Waals surface area contributed by atoms with Crippen LogP contribution in [-0.2, 0) is 16.0 Å². The molecular formula is C19H24BrClN2O2. The average Bonchev–Trinajstić information content (AvgIpc) is 2.60. The van der Waals surface area contributed by atoms with Crippen molar-refractivity contribution in [2.24, 2.45) is 5.92 Å². The Hall–Kier alpha value is -1.07. The molecule has 0 saturated carbocycles. The SMILES string of the molecule is CCCC(=O)N1CCC(C(=O)N2CCCc3cc(Br)cc(Cl)c32)CC1. The van der Waals surface area contributed by atoms with Crippen molar-refractivity contribution in [1.29, 1.82) is 0 Å². The molecule has 2 heterocycles. The molecule has 1 saturated heterocycles. The summed E-state index contributed by atoms with van der Waals surface area (Å²) in [6.07, 6.45) is 4.86. The predicted molar refractivity (Wildman–Crippen MR) is 104 cm³/mol. The molecule has 0 N–H and O–H groups in total. The number of rotatable bonds is 3. The van der Waals surface area contributed by atoms with E-state index in [0.717, 1.165) is 54.4 Å². The van der Waals surface area contributed by atoms with E-state index in [9.17, 15) is 9.59 Å². The third-order valence-electron chi connectivity index (χ3n) is 5.13. The zero-order valence-electron chi connectivity index (χ0n) is 14.6. The Morgan fingerprint density at radius 3 is 2.64 bits per heavy atom. The number of likely N-dealkylation sites (tertiary alicyclic amines) is 1. The lowest BCUT2D eigenvalue weighted by Crippen LogP contribution is -2.45. The van der Waals surface area contributed by atoms with Gasteiger partial charge in [-0.25, -0.2) is 0 Å². The number of benzene rings is 1. The first kappa shape index (κ1) is 18.7. The highest BCUT2D eigenvalue weighted by Gasteiger charge is 2.33. The molecule has 2 aliphatic rings. The van der Waals surface area contributed by atoms with Crippen LogP contribution >= 0.6 is 27.5 Å². The molecule has 0 spiro atoms. The van der Waals surface area contributed by atoms with Crippen LogP contribution in [0.1, 0.15) is 44.6 Å². The number of anilines is 1. The lowest BCUT2D eigenvalue weighted by atomic mass is 9.93. The van der Waals surface area contributed by atoms with E-state index in [1.807, 2.05) is 22.8 Å². The zero-order valence-corrected chi connectivity index (χ0v) is 16.9. The molecule has 2 amide bonds. The van der Waals surface area contributed by atoms with E-state index in [0.29, 0.717) is 24.5 Å². The van der Waals surface area contributed by atoms with E-state index in [1.54, 1.807) is 0 Å². The maximum atomic E-state index is 13.1. The van der Waals surface area contributed by atoms with Crippen LogP contribution in [0.2, 0.25) is 5.02 Å². The molecule has 0 bridgehead atoms. The molecule has 2 aliphatic heterocycles. The largest absolute Gasteiger partial charge is 0.343 e. The molecule has 0 atom stereocenters. The molecule has 0 unspecified atom stereocenters. The van der Waals surface area contributed by atoms with Crippen molar-refractivity contribution in [2.45, 2.75) is 45.4 Å². The van der Waals surface area contributed by atoms with Crippen LogP contribution in [0.4, 0.5) is 5.69 Å². The van der Waals surface area contributed by atoms with Gasteiger partial charge in [-0.3, -0.25) is 9.59 Å². The number of piperidine rings is 1. The van der Waals surface area contributed by atoms with E-state index in [-0.39, 0.29) is 17.7 Å². The van der Waals surface area contributed by atoms with Gasteiger partial charge in [0.1, 0.15) is 0 Å². The summed E-state index contributed by atoms with van der Waals surface area (Å²) in [5, 5.41) is 0.632. The van der Waals surface area contributed by atoms with Gasteiger partial charge in [0, 0.05) is 36.4 Å². The molecule has 25 heavy (non-hydrogen) atoms. The molecule has 6 heteroatoms. The Kier molecular flexibility index (Phi) is 6.05. The smallest absolute Gasteiger partial charge is 0.230 e. The number of carbonyl (C=O) groups excluding carboxylic acids is 2. The molecule has 0 radical (unpaired) electrons. The van der Waals surface area contributed by atoms with Crippen LogP contribution < -0.4 is 4.90 Å². The van der Waals surface area contributed by atoms with Gasteiger partial charge in [0.2, 0.25) is 11.8 Å². The summed E-state index contributed by atoms with van der Waals surface area (Å²) in [6, 6.07) is 3.92. The molecule has 1 aromatic carbocycles. The average molecular weight is 428 g/mol. The van der Waals surface area contributed by atoms with Gasteiger partial charge in [0.15, 0.2) is 0 Å². The summed E-state index contributed by atoms with van der Waals surface area (Å²) >= 11 is 9.93. The Labute approximate surface area is 162 Å². The van der Waals surface area contributed by atoms with Crippen molar-refractivity contribution in [3.63, 3.8) is 0 Å². The maximum Gasteiger partial charge on any atom is 0.230 e. The maximum absolute atomic E-state index is 13.1. The van der Waals surface area contributed by atoms with E-state index < -0.39 is 0 Å². The number of hydrogen-bond donors (Lipinski definition) is 0.